The second kappa shape index (κ2) is 4.65. The zero-order chi connectivity index (χ0) is 11.4. The first-order chi connectivity index (χ1) is 7.79. The van der Waals surface area contributed by atoms with Crippen LogP contribution < -0.4 is 10.2 Å². The quantitative estimate of drug-likeness (QED) is 0.847. The van der Waals surface area contributed by atoms with Crippen molar-refractivity contribution in [1.29, 1.82) is 0 Å². The van der Waals surface area contributed by atoms with Gasteiger partial charge in [-0.05, 0) is 12.1 Å². The summed E-state index contributed by atoms with van der Waals surface area (Å²) >= 11 is 0. The smallest absolute Gasteiger partial charge is 0.224 e. The van der Waals surface area contributed by atoms with E-state index in [9.17, 15) is 0 Å². The fourth-order valence-corrected chi connectivity index (χ4v) is 1.42. The van der Waals surface area contributed by atoms with Crippen molar-refractivity contribution in [3.8, 4) is 0 Å². The zero-order valence-corrected chi connectivity index (χ0v) is 9.34. The maximum absolute atomic E-state index is 5.02. The van der Waals surface area contributed by atoms with Crippen molar-refractivity contribution in [2.24, 2.45) is 0 Å². The predicted molar refractivity (Wildman–Crippen MR) is 62.4 cm³/mol. The van der Waals surface area contributed by atoms with Gasteiger partial charge in [0, 0.05) is 32.4 Å². The fraction of sp³-hybridized carbons (Fsp3) is 0.273. The number of rotatable bonds is 4. The highest BCUT2D eigenvalue weighted by molar-refractivity contribution is 5.41. The van der Waals surface area contributed by atoms with Crippen LogP contribution in [-0.4, -0.2) is 24.1 Å². The summed E-state index contributed by atoms with van der Waals surface area (Å²) in [5.74, 6) is 1.50. The molecule has 0 atom stereocenters. The molecule has 0 unspecified atom stereocenters. The van der Waals surface area contributed by atoms with Crippen LogP contribution in [0.25, 0.3) is 0 Å². The lowest BCUT2D eigenvalue weighted by Crippen LogP contribution is -2.17. The van der Waals surface area contributed by atoms with Crippen molar-refractivity contribution in [3.05, 3.63) is 36.4 Å². The van der Waals surface area contributed by atoms with Gasteiger partial charge in [0.25, 0.3) is 0 Å². The van der Waals surface area contributed by atoms with E-state index in [1.54, 1.807) is 25.8 Å². The summed E-state index contributed by atoms with van der Waals surface area (Å²) in [6.45, 7) is 0.761. The third kappa shape index (κ3) is 2.31. The lowest BCUT2D eigenvalue weighted by molar-refractivity contribution is 0.563. The van der Waals surface area contributed by atoms with Gasteiger partial charge >= 0.3 is 0 Å². The Morgan fingerprint density at radius 2 is 2.31 bits per heavy atom. The standard InChI is InChI=1S/C11H14N4O/c1-12-11-13-5-3-10(14-11)15(2)7-9-4-6-16-8-9/h3-6,8H,7H2,1-2H3,(H,12,13,14). The van der Waals surface area contributed by atoms with Gasteiger partial charge in [-0.25, -0.2) is 4.98 Å². The first kappa shape index (κ1) is 10.5. The summed E-state index contributed by atoms with van der Waals surface area (Å²) in [6.07, 6.45) is 5.14. The molecule has 1 N–H and O–H groups in total. The van der Waals surface area contributed by atoms with Crippen molar-refractivity contribution < 1.29 is 4.42 Å². The van der Waals surface area contributed by atoms with Crippen LogP contribution in [0, 0.1) is 0 Å². The molecule has 2 aromatic heterocycles. The van der Waals surface area contributed by atoms with E-state index in [2.05, 4.69) is 15.3 Å². The van der Waals surface area contributed by atoms with Crippen LogP contribution >= 0.6 is 0 Å². The summed E-state index contributed by atoms with van der Waals surface area (Å²) in [5.41, 5.74) is 1.12. The third-order valence-electron chi connectivity index (χ3n) is 2.26. The Morgan fingerprint density at radius 1 is 1.44 bits per heavy atom. The Bertz CT molecular complexity index is 441. The Balaban J connectivity index is 2.11. The average molecular weight is 218 g/mol. The summed E-state index contributed by atoms with van der Waals surface area (Å²) in [4.78, 5) is 10.4. The Hall–Kier alpha value is -2.04. The van der Waals surface area contributed by atoms with Crippen molar-refractivity contribution >= 4 is 11.8 Å². The minimum atomic E-state index is 0.622. The lowest BCUT2D eigenvalue weighted by Gasteiger charge is -2.17. The molecular weight excluding hydrogens is 204 g/mol. The Kier molecular flexibility index (Phi) is 3.05. The van der Waals surface area contributed by atoms with E-state index in [4.69, 9.17) is 4.42 Å². The molecule has 5 heteroatoms. The maximum Gasteiger partial charge on any atom is 0.224 e. The zero-order valence-electron chi connectivity index (χ0n) is 9.34. The van der Waals surface area contributed by atoms with Gasteiger partial charge in [0.05, 0.1) is 12.5 Å². The SMILES string of the molecule is CNc1nccc(N(C)Cc2ccoc2)n1. The van der Waals surface area contributed by atoms with Crippen molar-refractivity contribution in [2.45, 2.75) is 6.54 Å². The second-order valence-corrected chi connectivity index (χ2v) is 3.48. The first-order valence-corrected chi connectivity index (χ1v) is 5.02. The molecule has 0 fully saturated rings. The van der Waals surface area contributed by atoms with Gasteiger partial charge < -0.3 is 14.6 Å². The molecule has 0 radical (unpaired) electrons. The molecule has 0 aromatic carbocycles. The third-order valence-corrected chi connectivity index (χ3v) is 2.26. The van der Waals surface area contributed by atoms with Gasteiger partial charge in [-0.3, -0.25) is 0 Å². The number of hydrogen-bond donors (Lipinski definition) is 1. The van der Waals surface area contributed by atoms with E-state index in [-0.39, 0.29) is 0 Å². The largest absolute Gasteiger partial charge is 0.472 e. The molecule has 84 valence electrons. The van der Waals surface area contributed by atoms with E-state index < -0.39 is 0 Å². The minimum Gasteiger partial charge on any atom is -0.472 e. The van der Waals surface area contributed by atoms with Crippen LogP contribution in [-0.2, 0) is 6.54 Å². The van der Waals surface area contributed by atoms with Gasteiger partial charge in [0.15, 0.2) is 0 Å². The molecular formula is C11H14N4O. The molecule has 2 rings (SSSR count). The minimum absolute atomic E-state index is 0.622. The van der Waals surface area contributed by atoms with E-state index in [1.165, 1.54) is 0 Å². The maximum atomic E-state index is 5.02. The summed E-state index contributed by atoms with van der Waals surface area (Å²) in [7, 11) is 3.78. The van der Waals surface area contributed by atoms with E-state index in [0.717, 1.165) is 17.9 Å². The molecule has 5 nitrogen and oxygen atoms in total. The molecule has 0 saturated heterocycles. The monoisotopic (exact) mass is 218 g/mol. The molecule has 2 aromatic rings. The summed E-state index contributed by atoms with van der Waals surface area (Å²) < 4.78 is 5.02. The fourth-order valence-electron chi connectivity index (χ4n) is 1.42. The van der Waals surface area contributed by atoms with E-state index >= 15 is 0 Å². The van der Waals surface area contributed by atoms with Crippen molar-refractivity contribution in [1.82, 2.24) is 9.97 Å². The molecule has 16 heavy (non-hydrogen) atoms. The van der Waals surface area contributed by atoms with Gasteiger partial charge in [-0.15, -0.1) is 0 Å². The molecule has 0 amide bonds. The normalized spacial score (nSPS) is 10.1. The topological polar surface area (TPSA) is 54.2 Å². The molecule has 0 saturated carbocycles. The van der Waals surface area contributed by atoms with Crippen LogP contribution in [0.2, 0.25) is 0 Å². The lowest BCUT2D eigenvalue weighted by atomic mass is 10.3. The highest BCUT2D eigenvalue weighted by atomic mass is 16.3. The van der Waals surface area contributed by atoms with Gasteiger partial charge in [0.2, 0.25) is 5.95 Å². The van der Waals surface area contributed by atoms with Gasteiger partial charge in [-0.2, -0.15) is 4.98 Å². The van der Waals surface area contributed by atoms with E-state index in [0.29, 0.717) is 5.95 Å². The molecule has 0 aliphatic rings. The van der Waals surface area contributed by atoms with Crippen LogP contribution in [0.5, 0.6) is 0 Å². The Morgan fingerprint density at radius 3 is 3.00 bits per heavy atom. The van der Waals surface area contributed by atoms with Crippen LogP contribution in [0.15, 0.2) is 35.3 Å². The van der Waals surface area contributed by atoms with Gasteiger partial charge in [-0.1, -0.05) is 0 Å². The molecule has 0 spiro atoms. The van der Waals surface area contributed by atoms with Crippen molar-refractivity contribution in [3.63, 3.8) is 0 Å². The van der Waals surface area contributed by atoms with Crippen LogP contribution in [0.4, 0.5) is 11.8 Å². The summed E-state index contributed by atoms with van der Waals surface area (Å²) in [5, 5.41) is 2.91. The number of anilines is 2. The van der Waals surface area contributed by atoms with Crippen LogP contribution in [0.3, 0.4) is 0 Å². The number of nitrogens with zero attached hydrogens (tertiary/aromatic N) is 3. The number of furan rings is 1. The highest BCUT2D eigenvalue weighted by Crippen LogP contribution is 2.13. The Labute approximate surface area is 94.1 Å². The summed E-state index contributed by atoms with van der Waals surface area (Å²) in [6, 6.07) is 3.82. The number of nitrogens with one attached hydrogen (secondary N) is 1. The molecule has 0 aliphatic heterocycles. The highest BCUT2D eigenvalue weighted by Gasteiger charge is 2.05. The van der Waals surface area contributed by atoms with E-state index in [1.807, 2.05) is 24.1 Å². The molecule has 2 heterocycles. The number of aromatic nitrogens is 2. The predicted octanol–water partition coefficient (Wildman–Crippen LogP) is 1.75. The van der Waals surface area contributed by atoms with Crippen LogP contribution in [0.1, 0.15) is 5.56 Å². The van der Waals surface area contributed by atoms with Crippen molar-refractivity contribution in [2.75, 3.05) is 24.3 Å². The number of hydrogen-bond acceptors (Lipinski definition) is 5. The first-order valence-electron chi connectivity index (χ1n) is 5.02. The molecule has 0 bridgehead atoms. The average Bonchev–Trinajstić information content (AvgIpc) is 2.82. The van der Waals surface area contributed by atoms with Gasteiger partial charge in [0.1, 0.15) is 5.82 Å². The second-order valence-electron chi connectivity index (χ2n) is 3.48. The molecule has 0 aliphatic carbocycles.